The van der Waals surface area contributed by atoms with E-state index in [1.165, 1.54) is 22.3 Å². The first-order valence-corrected chi connectivity index (χ1v) is 15.6. The lowest BCUT2D eigenvalue weighted by Gasteiger charge is -2.22. The first-order valence-electron chi connectivity index (χ1n) is 15.6. The number of aromatic nitrogens is 3. The van der Waals surface area contributed by atoms with Gasteiger partial charge in [-0.25, -0.2) is 15.0 Å². The molecule has 0 saturated heterocycles. The maximum Gasteiger partial charge on any atom is 0.164 e. The molecule has 0 bridgehead atoms. The summed E-state index contributed by atoms with van der Waals surface area (Å²) in [5, 5.41) is 2.26. The molecule has 218 valence electrons. The van der Waals surface area contributed by atoms with Gasteiger partial charge < -0.3 is 4.42 Å². The average Bonchev–Trinajstić information content (AvgIpc) is 3.60. The summed E-state index contributed by atoms with van der Waals surface area (Å²) in [5.41, 5.74) is 11.7. The van der Waals surface area contributed by atoms with E-state index in [4.69, 9.17) is 19.4 Å². The molecule has 2 heterocycles. The van der Waals surface area contributed by atoms with Gasteiger partial charge in [0.2, 0.25) is 0 Å². The van der Waals surface area contributed by atoms with Gasteiger partial charge >= 0.3 is 0 Å². The Labute approximate surface area is 267 Å². The number of para-hydroxylation sites is 1. The quantitative estimate of drug-likeness (QED) is 0.204. The van der Waals surface area contributed by atoms with E-state index in [2.05, 4.69) is 86.6 Å². The molecule has 4 heteroatoms. The van der Waals surface area contributed by atoms with Gasteiger partial charge in [0.15, 0.2) is 17.5 Å². The predicted octanol–water partition coefficient (Wildman–Crippen LogP) is 10.7. The van der Waals surface area contributed by atoms with Gasteiger partial charge in [-0.3, -0.25) is 0 Å². The number of furan rings is 1. The molecule has 0 radical (unpaired) electrons. The first kappa shape index (κ1) is 26.5. The van der Waals surface area contributed by atoms with Crippen molar-refractivity contribution >= 4 is 21.9 Å². The van der Waals surface area contributed by atoms with Crippen LogP contribution in [0.3, 0.4) is 0 Å². The van der Waals surface area contributed by atoms with Crippen molar-refractivity contribution in [3.63, 3.8) is 0 Å². The number of hydrogen-bond donors (Lipinski definition) is 0. The molecule has 46 heavy (non-hydrogen) atoms. The Morgan fingerprint density at radius 3 is 1.74 bits per heavy atom. The SMILES string of the molecule is CC1(C)c2ccccc2-c2c1cc1c(oc3ccccc31)c2-c1cccc(-c2nc(-c3ccccc3)nc(-c3ccccc3)n2)c1. The maximum absolute atomic E-state index is 6.70. The van der Waals surface area contributed by atoms with E-state index in [1.807, 2.05) is 66.7 Å². The fourth-order valence-electron chi connectivity index (χ4n) is 7.05. The van der Waals surface area contributed by atoms with Gasteiger partial charge in [-0.05, 0) is 46.0 Å². The van der Waals surface area contributed by atoms with Gasteiger partial charge in [0, 0.05) is 38.4 Å². The van der Waals surface area contributed by atoms with Crippen LogP contribution in [-0.2, 0) is 5.41 Å². The number of rotatable bonds is 4. The third-order valence-electron chi connectivity index (χ3n) is 9.32. The molecule has 6 aromatic carbocycles. The van der Waals surface area contributed by atoms with Gasteiger partial charge in [-0.2, -0.15) is 0 Å². The highest BCUT2D eigenvalue weighted by atomic mass is 16.3. The highest BCUT2D eigenvalue weighted by Crippen LogP contribution is 2.55. The lowest BCUT2D eigenvalue weighted by molar-refractivity contribution is 0.658. The van der Waals surface area contributed by atoms with Crippen molar-refractivity contribution in [3.05, 3.63) is 151 Å². The average molecular weight is 592 g/mol. The molecule has 4 nitrogen and oxygen atoms in total. The Kier molecular flexibility index (Phi) is 5.81. The Balaban J connectivity index is 1.31. The second-order valence-electron chi connectivity index (χ2n) is 12.4. The van der Waals surface area contributed by atoms with E-state index in [0.29, 0.717) is 17.5 Å². The van der Waals surface area contributed by atoms with Crippen molar-refractivity contribution in [2.75, 3.05) is 0 Å². The second kappa shape index (κ2) is 10.1. The summed E-state index contributed by atoms with van der Waals surface area (Å²) < 4.78 is 6.70. The minimum Gasteiger partial charge on any atom is -0.455 e. The normalized spacial score (nSPS) is 13.2. The van der Waals surface area contributed by atoms with Crippen molar-refractivity contribution in [2.24, 2.45) is 0 Å². The van der Waals surface area contributed by atoms with Crippen molar-refractivity contribution < 1.29 is 4.42 Å². The van der Waals surface area contributed by atoms with Gasteiger partial charge in [0.1, 0.15) is 11.2 Å². The largest absolute Gasteiger partial charge is 0.455 e. The van der Waals surface area contributed by atoms with Crippen molar-refractivity contribution in [2.45, 2.75) is 19.3 Å². The Bertz CT molecular complexity index is 2380. The van der Waals surface area contributed by atoms with Gasteiger partial charge in [-0.15, -0.1) is 0 Å². The van der Waals surface area contributed by atoms with Crippen LogP contribution in [0.1, 0.15) is 25.0 Å². The second-order valence-corrected chi connectivity index (χ2v) is 12.4. The third-order valence-corrected chi connectivity index (χ3v) is 9.32. The molecule has 0 N–H and O–H groups in total. The Morgan fingerprint density at radius 1 is 0.457 bits per heavy atom. The predicted molar refractivity (Wildman–Crippen MR) is 186 cm³/mol. The van der Waals surface area contributed by atoms with E-state index in [9.17, 15) is 0 Å². The summed E-state index contributed by atoms with van der Waals surface area (Å²) in [4.78, 5) is 14.9. The number of benzene rings is 6. The van der Waals surface area contributed by atoms with Crippen LogP contribution in [0.2, 0.25) is 0 Å². The lowest BCUT2D eigenvalue weighted by atomic mass is 9.81. The summed E-state index contributed by atoms with van der Waals surface area (Å²) in [7, 11) is 0. The molecule has 0 spiro atoms. The van der Waals surface area contributed by atoms with E-state index < -0.39 is 0 Å². The molecule has 0 unspecified atom stereocenters. The topological polar surface area (TPSA) is 51.8 Å². The van der Waals surface area contributed by atoms with Crippen LogP contribution < -0.4 is 0 Å². The molecule has 2 aromatic heterocycles. The van der Waals surface area contributed by atoms with Crippen LogP contribution in [-0.4, -0.2) is 15.0 Å². The van der Waals surface area contributed by atoms with Gasteiger partial charge in [0.25, 0.3) is 0 Å². The highest BCUT2D eigenvalue weighted by molar-refractivity contribution is 6.15. The van der Waals surface area contributed by atoms with Crippen molar-refractivity contribution in [3.8, 4) is 56.4 Å². The smallest absolute Gasteiger partial charge is 0.164 e. The van der Waals surface area contributed by atoms with Gasteiger partial charge in [-0.1, -0.05) is 135 Å². The minimum atomic E-state index is -0.159. The fourth-order valence-corrected chi connectivity index (χ4v) is 7.05. The zero-order chi connectivity index (χ0) is 30.8. The molecule has 0 saturated carbocycles. The Hall–Kier alpha value is -5.87. The molecule has 1 aliphatic rings. The van der Waals surface area contributed by atoms with Crippen LogP contribution >= 0.6 is 0 Å². The molecule has 0 aliphatic heterocycles. The fraction of sp³-hybridized carbons (Fsp3) is 0.0714. The van der Waals surface area contributed by atoms with Crippen LogP contribution in [0.5, 0.6) is 0 Å². The zero-order valence-corrected chi connectivity index (χ0v) is 25.5. The summed E-state index contributed by atoms with van der Waals surface area (Å²) in [6, 6.07) is 48.2. The molecule has 0 atom stereocenters. The van der Waals surface area contributed by atoms with Crippen LogP contribution in [0.4, 0.5) is 0 Å². The van der Waals surface area contributed by atoms with Gasteiger partial charge in [0.05, 0.1) is 0 Å². The molecule has 8 aromatic rings. The molecule has 0 fully saturated rings. The standard InChI is InChI=1S/C42H29N3O/c1-42(2)33-22-11-9-21-31(33)37-34(42)25-32-30-20-10-12-23-35(30)46-38(32)36(37)28-18-13-19-29(24-28)41-44-39(26-14-5-3-6-15-26)43-40(45-41)27-16-7-4-8-17-27/h3-25H,1-2H3. The number of hydrogen-bond acceptors (Lipinski definition) is 4. The van der Waals surface area contributed by atoms with Crippen molar-refractivity contribution in [1.29, 1.82) is 0 Å². The summed E-state index contributed by atoms with van der Waals surface area (Å²) in [5.74, 6) is 1.92. The lowest BCUT2D eigenvalue weighted by Crippen LogP contribution is -2.14. The van der Waals surface area contributed by atoms with E-state index in [-0.39, 0.29) is 5.41 Å². The molecule has 9 rings (SSSR count). The van der Waals surface area contributed by atoms with E-state index >= 15 is 0 Å². The highest BCUT2D eigenvalue weighted by Gasteiger charge is 2.38. The minimum absolute atomic E-state index is 0.159. The molecular formula is C42H29N3O. The van der Waals surface area contributed by atoms with E-state index in [0.717, 1.165) is 49.8 Å². The molecule has 1 aliphatic carbocycles. The summed E-state index contributed by atoms with van der Waals surface area (Å²) >= 11 is 0. The monoisotopic (exact) mass is 591 g/mol. The van der Waals surface area contributed by atoms with Crippen LogP contribution in [0, 0.1) is 0 Å². The van der Waals surface area contributed by atoms with Crippen LogP contribution in [0.25, 0.3) is 78.4 Å². The Morgan fingerprint density at radius 2 is 1.02 bits per heavy atom. The molecular weight excluding hydrogens is 562 g/mol. The van der Waals surface area contributed by atoms with Crippen molar-refractivity contribution in [1.82, 2.24) is 15.0 Å². The number of nitrogens with zero attached hydrogens (tertiary/aromatic N) is 3. The first-order chi connectivity index (χ1) is 22.6. The third kappa shape index (κ3) is 4.04. The number of fused-ring (bicyclic) bond motifs is 6. The summed E-state index contributed by atoms with van der Waals surface area (Å²) in [6.45, 7) is 4.65. The molecule has 0 amide bonds. The van der Waals surface area contributed by atoms with Crippen LogP contribution in [0.15, 0.2) is 144 Å². The zero-order valence-electron chi connectivity index (χ0n) is 25.5. The van der Waals surface area contributed by atoms with E-state index in [1.54, 1.807) is 0 Å². The summed E-state index contributed by atoms with van der Waals surface area (Å²) in [6.07, 6.45) is 0. The maximum atomic E-state index is 6.70.